The summed E-state index contributed by atoms with van der Waals surface area (Å²) in [4.78, 5) is 25.0. The monoisotopic (exact) mass is 318 g/mol. The highest BCUT2D eigenvalue weighted by atomic mass is 16.5. The molecule has 3 heteroatoms. The Hall–Kier alpha value is -2.94. The third kappa shape index (κ3) is 3.35. The van der Waals surface area contributed by atoms with Crippen molar-refractivity contribution in [3.05, 3.63) is 83.9 Å². The molecule has 0 aromatic heterocycles. The molecule has 1 atom stereocenters. The molecule has 0 fully saturated rings. The van der Waals surface area contributed by atoms with Gasteiger partial charge in [-0.3, -0.25) is 9.59 Å². The van der Waals surface area contributed by atoms with Crippen LogP contribution in [0, 0.1) is 5.92 Å². The van der Waals surface area contributed by atoms with Gasteiger partial charge in [0.1, 0.15) is 5.92 Å². The van der Waals surface area contributed by atoms with E-state index in [-0.39, 0.29) is 5.78 Å². The van der Waals surface area contributed by atoms with Crippen LogP contribution < -0.4 is 0 Å². The first-order valence-electron chi connectivity index (χ1n) is 7.84. The van der Waals surface area contributed by atoms with E-state index in [2.05, 4.69) is 0 Å². The normalized spacial score (nSPS) is 11.9. The highest BCUT2D eigenvalue weighted by Gasteiger charge is 2.28. The lowest BCUT2D eigenvalue weighted by Gasteiger charge is -2.14. The van der Waals surface area contributed by atoms with Gasteiger partial charge in [-0.1, -0.05) is 66.7 Å². The minimum Gasteiger partial charge on any atom is -0.468 e. The van der Waals surface area contributed by atoms with Gasteiger partial charge in [0.2, 0.25) is 0 Å². The van der Waals surface area contributed by atoms with Crippen LogP contribution in [-0.2, 0) is 16.0 Å². The molecule has 3 aromatic carbocycles. The highest BCUT2D eigenvalue weighted by molar-refractivity contribution is 6.10. The Morgan fingerprint density at radius 1 is 0.875 bits per heavy atom. The number of carbonyl (C=O) groups excluding carboxylic acids is 2. The molecule has 3 aromatic rings. The van der Waals surface area contributed by atoms with E-state index in [0.717, 1.165) is 16.3 Å². The summed E-state index contributed by atoms with van der Waals surface area (Å²) in [6.07, 6.45) is 0.333. The molecule has 0 unspecified atom stereocenters. The summed E-state index contributed by atoms with van der Waals surface area (Å²) >= 11 is 0. The van der Waals surface area contributed by atoms with Crippen LogP contribution in [0.2, 0.25) is 0 Å². The topological polar surface area (TPSA) is 43.4 Å². The number of hydrogen-bond acceptors (Lipinski definition) is 3. The predicted octanol–water partition coefficient (Wildman–Crippen LogP) is 4.05. The van der Waals surface area contributed by atoms with Crippen LogP contribution in [0.25, 0.3) is 10.8 Å². The van der Waals surface area contributed by atoms with Crippen molar-refractivity contribution >= 4 is 22.5 Å². The van der Waals surface area contributed by atoms with Gasteiger partial charge in [-0.05, 0) is 28.8 Å². The van der Waals surface area contributed by atoms with Crippen molar-refractivity contribution in [3.63, 3.8) is 0 Å². The first kappa shape index (κ1) is 15.9. The molecule has 0 bridgehead atoms. The number of fused-ring (bicyclic) bond motifs is 1. The van der Waals surface area contributed by atoms with E-state index >= 15 is 0 Å². The Morgan fingerprint density at radius 3 is 2.25 bits per heavy atom. The van der Waals surface area contributed by atoms with Crippen molar-refractivity contribution in [3.8, 4) is 0 Å². The summed E-state index contributed by atoms with van der Waals surface area (Å²) in [5.74, 6) is -1.55. The van der Waals surface area contributed by atoms with Crippen LogP contribution in [-0.4, -0.2) is 18.9 Å². The fourth-order valence-corrected chi connectivity index (χ4v) is 2.82. The first-order valence-corrected chi connectivity index (χ1v) is 7.84. The van der Waals surface area contributed by atoms with E-state index in [1.54, 1.807) is 6.07 Å². The highest BCUT2D eigenvalue weighted by Crippen LogP contribution is 2.21. The molecule has 0 N–H and O–H groups in total. The lowest BCUT2D eigenvalue weighted by atomic mass is 9.90. The number of rotatable bonds is 5. The van der Waals surface area contributed by atoms with Gasteiger partial charge in [-0.15, -0.1) is 0 Å². The van der Waals surface area contributed by atoms with Crippen LogP contribution >= 0.6 is 0 Å². The van der Waals surface area contributed by atoms with Crippen molar-refractivity contribution in [2.75, 3.05) is 7.11 Å². The van der Waals surface area contributed by atoms with Gasteiger partial charge >= 0.3 is 5.97 Å². The average Bonchev–Trinajstić information content (AvgIpc) is 2.65. The zero-order valence-electron chi connectivity index (χ0n) is 13.4. The van der Waals surface area contributed by atoms with Crippen LogP contribution in [0.5, 0.6) is 0 Å². The quantitative estimate of drug-likeness (QED) is 0.405. The zero-order chi connectivity index (χ0) is 16.9. The third-order valence-corrected chi connectivity index (χ3v) is 4.12. The summed E-state index contributed by atoms with van der Waals surface area (Å²) in [5.41, 5.74) is 1.46. The molecule has 0 radical (unpaired) electrons. The van der Waals surface area contributed by atoms with Crippen molar-refractivity contribution < 1.29 is 14.3 Å². The van der Waals surface area contributed by atoms with Crippen molar-refractivity contribution in [2.24, 2.45) is 5.92 Å². The number of hydrogen-bond donors (Lipinski definition) is 0. The fraction of sp³-hybridized carbons (Fsp3) is 0.143. The smallest absolute Gasteiger partial charge is 0.316 e. The number of benzene rings is 3. The van der Waals surface area contributed by atoms with E-state index in [4.69, 9.17) is 4.74 Å². The Kier molecular flexibility index (Phi) is 4.71. The number of carbonyl (C=O) groups is 2. The Balaban J connectivity index is 1.93. The van der Waals surface area contributed by atoms with Gasteiger partial charge in [0.25, 0.3) is 0 Å². The average molecular weight is 318 g/mol. The maximum atomic E-state index is 12.9. The second-order valence-electron chi connectivity index (χ2n) is 5.69. The number of methoxy groups -OCH3 is 1. The largest absolute Gasteiger partial charge is 0.468 e. The molecule has 0 aliphatic heterocycles. The Morgan fingerprint density at radius 2 is 1.54 bits per heavy atom. The molecule has 0 heterocycles. The first-order chi connectivity index (χ1) is 11.7. The van der Waals surface area contributed by atoms with Gasteiger partial charge < -0.3 is 4.74 Å². The predicted molar refractivity (Wildman–Crippen MR) is 93.9 cm³/mol. The van der Waals surface area contributed by atoms with E-state index < -0.39 is 11.9 Å². The molecular weight excluding hydrogens is 300 g/mol. The molecule has 0 amide bonds. The minimum absolute atomic E-state index is 0.212. The van der Waals surface area contributed by atoms with Crippen molar-refractivity contribution in [1.29, 1.82) is 0 Å². The van der Waals surface area contributed by atoms with Crippen LogP contribution in [0.1, 0.15) is 15.9 Å². The van der Waals surface area contributed by atoms with Gasteiger partial charge in [0.15, 0.2) is 5.78 Å². The molecule has 3 rings (SSSR count). The second-order valence-corrected chi connectivity index (χ2v) is 5.69. The molecule has 0 aliphatic carbocycles. The summed E-state index contributed by atoms with van der Waals surface area (Å²) in [5, 5.41) is 2.04. The standard InChI is InChI=1S/C21H18O3/c1-24-21(23)19(13-15-7-3-2-4-8-15)20(22)18-12-11-16-9-5-6-10-17(16)14-18/h2-12,14,19H,13H2,1H3/t19-/m1/s1. The number of Topliss-reactive ketones (excluding diaryl/α,β-unsaturated/α-hetero) is 1. The van der Waals surface area contributed by atoms with Gasteiger partial charge in [0, 0.05) is 5.56 Å². The molecule has 0 aliphatic rings. The summed E-state index contributed by atoms with van der Waals surface area (Å²) in [6, 6.07) is 22.8. The third-order valence-electron chi connectivity index (χ3n) is 4.12. The number of esters is 1. The van der Waals surface area contributed by atoms with Gasteiger partial charge in [-0.25, -0.2) is 0 Å². The number of ketones is 1. The molecule has 0 spiro atoms. The van der Waals surface area contributed by atoms with E-state index in [0.29, 0.717) is 12.0 Å². The maximum absolute atomic E-state index is 12.9. The number of ether oxygens (including phenoxy) is 1. The Labute approximate surface area is 140 Å². The SMILES string of the molecule is COC(=O)[C@H](Cc1ccccc1)C(=O)c1ccc2ccccc2c1. The summed E-state index contributed by atoms with van der Waals surface area (Å²) in [6.45, 7) is 0. The van der Waals surface area contributed by atoms with Crippen LogP contribution in [0.3, 0.4) is 0 Å². The molecule has 120 valence electrons. The summed E-state index contributed by atoms with van der Waals surface area (Å²) < 4.78 is 4.85. The van der Waals surface area contributed by atoms with Gasteiger partial charge in [-0.2, -0.15) is 0 Å². The molecule has 0 saturated carbocycles. The van der Waals surface area contributed by atoms with Gasteiger partial charge in [0.05, 0.1) is 7.11 Å². The van der Waals surface area contributed by atoms with Crippen molar-refractivity contribution in [1.82, 2.24) is 0 Å². The summed E-state index contributed by atoms with van der Waals surface area (Å²) in [7, 11) is 1.31. The Bertz CT molecular complexity index is 868. The maximum Gasteiger partial charge on any atom is 0.316 e. The molecule has 24 heavy (non-hydrogen) atoms. The lowest BCUT2D eigenvalue weighted by Crippen LogP contribution is -2.27. The molecule has 3 nitrogen and oxygen atoms in total. The van der Waals surface area contributed by atoms with Crippen LogP contribution in [0.15, 0.2) is 72.8 Å². The van der Waals surface area contributed by atoms with Crippen molar-refractivity contribution in [2.45, 2.75) is 6.42 Å². The molecule has 0 saturated heterocycles. The van der Waals surface area contributed by atoms with E-state index in [1.165, 1.54) is 7.11 Å². The van der Waals surface area contributed by atoms with Crippen LogP contribution in [0.4, 0.5) is 0 Å². The second kappa shape index (κ2) is 7.09. The minimum atomic E-state index is -0.835. The zero-order valence-corrected chi connectivity index (χ0v) is 13.4. The fourth-order valence-electron chi connectivity index (χ4n) is 2.82. The molecular formula is C21H18O3. The van der Waals surface area contributed by atoms with E-state index in [1.807, 2.05) is 66.7 Å². The lowest BCUT2D eigenvalue weighted by molar-refractivity contribution is -0.143. The van der Waals surface area contributed by atoms with E-state index in [9.17, 15) is 9.59 Å².